The molecule has 152 valence electrons. The van der Waals surface area contributed by atoms with Crippen LogP contribution in [0.2, 0.25) is 0 Å². The minimum absolute atomic E-state index is 0.0883. The number of sulfonamides is 1. The second kappa shape index (κ2) is 8.93. The molecule has 0 bridgehead atoms. The van der Waals surface area contributed by atoms with Crippen LogP contribution in [0.3, 0.4) is 0 Å². The number of hydrogen-bond donors (Lipinski definition) is 1. The van der Waals surface area contributed by atoms with Gasteiger partial charge in [0.05, 0.1) is 19.9 Å². The molecule has 28 heavy (non-hydrogen) atoms. The van der Waals surface area contributed by atoms with E-state index in [1.54, 1.807) is 42.8 Å². The lowest BCUT2D eigenvalue weighted by molar-refractivity contribution is -0.117. The van der Waals surface area contributed by atoms with Crippen molar-refractivity contribution in [1.29, 1.82) is 0 Å². The molecule has 2 heterocycles. The summed E-state index contributed by atoms with van der Waals surface area (Å²) in [5.74, 6) is 0.848. The van der Waals surface area contributed by atoms with Gasteiger partial charge >= 0.3 is 0 Å². The maximum Gasteiger partial charge on any atom is 0.252 e. The third kappa shape index (κ3) is 4.48. The molecule has 2 aromatic rings. The molecule has 0 saturated carbocycles. The van der Waals surface area contributed by atoms with Crippen molar-refractivity contribution in [2.75, 3.05) is 26.1 Å². The van der Waals surface area contributed by atoms with Crippen LogP contribution in [-0.4, -0.2) is 45.4 Å². The first-order valence-corrected chi connectivity index (χ1v) is 11.3. The van der Waals surface area contributed by atoms with Crippen LogP contribution < -0.4 is 14.8 Å². The second-order valence-electron chi connectivity index (χ2n) is 6.52. The fourth-order valence-electron chi connectivity index (χ4n) is 3.35. The van der Waals surface area contributed by atoms with Crippen LogP contribution >= 0.6 is 11.3 Å². The smallest absolute Gasteiger partial charge is 0.252 e. The average molecular weight is 425 g/mol. The Labute approximate surface area is 169 Å². The largest absolute Gasteiger partial charge is 0.497 e. The molecule has 1 fully saturated rings. The molecule has 7 nitrogen and oxygen atoms in total. The highest BCUT2D eigenvalue weighted by molar-refractivity contribution is 7.91. The molecular weight excluding hydrogens is 400 g/mol. The number of nitrogens with one attached hydrogen (secondary N) is 1. The van der Waals surface area contributed by atoms with Crippen LogP contribution in [0.4, 0.5) is 5.69 Å². The van der Waals surface area contributed by atoms with Crippen molar-refractivity contribution in [3.8, 4) is 11.5 Å². The van der Waals surface area contributed by atoms with Crippen LogP contribution in [0.5, 0.6) is 11.5 Å². The molecule has 1 saturated heterocycles. The minimum Gasteiger partial charge on any atom is -0.497 e. The summed E-state index contributed by atoms with van der Waals surface area (Å²) in [5.41, 5.74) is 0.496. The van der Waals surface area contributed by atoms with E-state index in [4.69, 9.17) is 9.47 Å². The first kappa shape index (κ1) is 20.6. The summed E-state index contributed by atoms with van der Waals surface area (Å²) in [5, 5.41) is 4.57. The van der Waals surface area contributed by atoms with Crippen molar-refractivity contribution in [3.63, 3.8) is 0 Å². The highest BCUT2D eigenvalue weighted by atomic mass is 32.2. The van der Waals surface area contributed by atoms with E-state index in [2.05, 4.69) is 5.32 Å². The van der Waals surface area contributed by atoms with E-state index in [9.17, 15) is 13.2 Å². The van der Waals surface area contributed by atoms with Gasteiger partial charge in [-0.15, -0.1) is 11.3 Å². The maximum absolute atomic E-state index is 13.0. The molecule has 1 N–H and O–H groups in total. The minimum atomic E-state index is -3.58. The van der Waals surface area contributed by atoms with Crippen LogP contribution in [-0.2, 0) is 14.8 Å². The monoisotopic (exact) mass is 424 g/mol. The van der Waals surface area contributed by atoms with E-state index in [0.29, 0.717) is 34.4 Å². The Morgan fingerprint density at radius 3 is 2.75 bits per heavy atom. The van der Waals surface area contributed by atoms with Gasteiger partial charge in [-0.05, 0) is 36.4 Å². The first-order valence-electron chi connectivity index (χ1n) is 9.03. The van der Waals surface area contributed by atoms with E-state index in [1.807, 2.05) is 0 Å². The van der Waals surface area contributed by atoms with Crippen molar-refractivity contribution in [3.05, 3.63) is 35.7 Å². The van der Waals surface area contributed by atoms with Gasteiger partial charge < -0.3 is 14.8 Å². The van der Waals surface area contributed by atoms with Gasteiger partial charge in [-0.25, -0.2) is 8.42 Å². The van der Waals surface area contributed by atoms with Gasteiger partial charge in [0.15, 0.2) is 0 Å². The maximum atomic E-state index is 13.0. The number of thiophene rings is 1. The Kier molecular flexibility index (Phi) is 6.58. The Morgan fingerprint density at radius 2 is 2.07 bits per heavy atom. The standard InChI is InChI=1S/C19H24N2O5S2/c1-25-15-8-9-17(26-2)16(13-15)20-18(22)12-14-6-3-4-10-21(14)28(23,24)19-7-5-11-27-19/h5,7-9,11,13-14H,3-4,6,10,12H2,1-2H3,(H,20,22)/t14-/m1/s1. The van der Waals surface area contributed by atoms with E-state index < -0.39 is 10.0 Å². The SMILES string of the molecule is COc1ccc(OC)c(NC(=O)C[C@H]2CCCCN2S(=O)(=O)c2cccs2)c1. The molecule has 1 aliphatic heterocycles. The topological polar surface area (TPSA) is 84.9 Å². The molecule has 0 unspecified atom stereocenters. The zero-order chi connectivity index (χ0) is 20.1. The van der Waals surface area contributed by atoms with Crippen molar-refractivity contribution in [2.45, 2.75) is 35.9 Å². The summed E-state index contributed by atoms with van der Waals surface area (Å²) in [6.07, 6.45) is 2.45. The van der Waals surface area contributed by atoms with Crippen molar-refractivity contribution in [1.82, 2.24) is 4.31 Å². The Hall–Kier alpha value is -2.10. The van der Waals surface area contributed by atoms with E-state index >= 15 is 0 Å². The van der Waals surface area contributed by atoms with Crippen molar-refractivity contribution < 1.29 is 22.7 Å². The van der Waals surface area contributed by atoms with Gasteiger partial charge in [0.25, 0.3) is 10.0 Å². The number of benzene rings is 1. The van der Waals surface area contributed by atoms with Gasteiger partial charge in [0, 0.05) is 25.1 Å². The number of carbonyl (C=O) groups excluding carboxylic acids is 1. The zero-order valence-electron chi connectivity index (χ0n) is 15.9. The fraction of sp³-hybridized carbons (Fsp3) is 0.421. The fourth-order valence-corrected chi connectivity index (χ4v) is 6.16. The van der Waals surface area contributed by atoms with Gasteiger partial charge in [-0.3, -0.25) is 4.79 Å². The number of anilines is 1. The van der Waals surface area contributed by atoms with Gasteiger partial charge in [-0.2, -0.15) is 4.31 Å². The van der Waals surface area contributed by atoms with Crippen LogP contribution in [0, 0.1) is 0 Å². The molecule has 3 rings (SSSR count). The number of rotatable bonds is 7. The summed E-state index contributed by atoms with van der Waals surface area (Å²) < 4.78 is 38.2. The van der Waals surface area contributed by atoms with Gasteiger partial charge in [-0.1, -0.05) is 12.5 Å². The molecule has 1 amide bonds. The highest BCUT2D eigenvalue weighted by Crippen LogP contribution is 2.31. The van der Waals surface area contributed by atoms with Crippen molar-refractivity contribution >= 4 is 33.0 Å². The number of hydrogen-bond acceptors (Lipinski definition) is 6. The van der Waals surface area contributed by atoms with E-state index in [1.165, 1.54) is 22.8 Å². The molecule has 9 heteroatoms. The Balaban J connectivity index is 1.75. The Morgan fingerprint density at radius 1 is 1.25 bits per heavy atom. The predicted molar refractivity (Wildman–Crippen MR) is 109 cm³/mol. The number of ether oxygens (including phenoxy) is 2. The predicted octanol–water partition coefficient (Wildman–Crippen LogP) is 3.34. The highest BCUT2D eigenvalue weighted by Gasteiger charge is 2.35. The lowest BCUT2D eigenvalue weighted by atomic mass is 10.0. The molecule has 0 spiro atoms. The number of carbonyl (C=O) groups is 1. The molecule has 1 aliphatic rings. The molecule has 1 atom stereocenters. The molecule has 1 aromatic carbocycles. The number of amides is 1. The van der Waals surface area contributed by atoms with Gasteiger partial charge in [0.2, 0.25) is 5.91 Å². The van der Waals surface area contributed by atoms with Gasteiger partial charge in [0.1, 0.15) is 15.7 Å². The molecular formula is C19H24N2O5S2. The number of nitrogens with zero attached hydrogens (tertiary/aromatic N) is 1. The van der Waals surface area contributed by atoms with Crippen LogP contribution in [0.25, 0.3) is 0 Å². The van der Waals surface area contributed by atoms with E-state index in [-0.39, 0.29) is 18.4 Å². The third-order valence-corrected chi connectivity index (χ3v) is 8.06. The van der Waals surface area contributed by atoms with Crippen molar-refractivity contribution in [2.24, 2.45) is 0 Å². The quantitative estimate of drug-likeness (QED) is 0.737. The van der Waals surface area contributed by atoms with E-state index in [0.717, 1.165) is 12.8 Å². The zero-order valence-corrected chi connectivity index (χ0v) is 17.5. The lowest BCUT2D eigenvalue weighted by Crippen LogP contribution is -2.45. The summed E-state index contributed by atoms with van der Waals surface area (Å²) in [4.78, 5) is 12.7. The summed E-state index contributed by atoms with van der Waals surface area (Å²) >= 11 is 1.20. The summed E-state index contributed by atoms with van der Waals surface area (Å²) in [6, 6.07) is 8.09. The summed E-state index contributed by atoms with van der Waals surface area (Å²) in [6.45, 7) is 0.431. The second-order valence-corrected chi connectivity index (χ2v) is 9.58. The lowest BCUT2D eigenvalue weighted by Gasteiger charge is -2.34. The molecule has 0 aliphatic carbocycles. The summed E-state index contributed by atoms with van der Waals surface area (Å²) in [7, 11) is -0.517. The van der Waals surface area contributed by atoms with Crippen LogP contribution in [0.15, 0.2) is 39.9 Å². The first-order chi connectivity index (χ1) is 13.5. The Bertz CT molecular complexity index is 912. The number of piperidine rings is 1. The average Bonchev–Trinajstić information content (AvgIpc) is 3.24. The molecule has 1 aromatic heterocycles. The van der Waals surface area contributed by atoms with Crippen LogP contribution in [0.1, 0.15) is 25.7 Å². The molecule has 0 radical (unpaired) electrons. The normalized spacial score (nSPS) is 17.9. The third-order valence-electron chi connectivity index (χ3n) is 4.73. The number of methoxy groups -OCH3 is 2.